The molecule has 0 fully saturated rings. The fraction of sp³-hybridized carbons (Fsp3) is 0.267. The van der Waals surface area contributed by atoms with Crippen molar-refractivity contribution in [3.8, 4) is 5.75 Å². The van der Waals surface area contributed by atoms with Crippen molar-refractivity contribution in [1.82, 2.24) is 4.90 Å². The maximum Gasteiger partial charge on any atom is 0.257 e. The topological polar surface area (TPSA) is 66.6 Å². The van der Waals surface area contributed by atoms with Gasteiger partial charge in [0.1, 0.15) is 0 Å². The zero-order valence-electron chi connectivity index (χ0n) is 11.8. The predicted octanol–water partition coefficient (Wildman–Crippen LogP) is 3.18. The molecule has 0 saturated carbocycles. The Morgan fingerprint density at radius 2 is 2.05 bits per heavy atom. The minimum atomic E-state index is -0.242. The molecule has 1 aromatic carbocycles. The number of phenols is 1. The van der Waals surface area contributed by atoms with Gasteiger partial charge in [0.05, 0.1) is 17.3 Å². The van der Waals surface area contributed by atoms with Crippen LogP contribution in [0.1, 0.15) is 33.1 Å². The Labute approximate surface area is 122 Å². The second-order valence-electron chi connectivity index (χ2n) is 4.78. The van der Waals surface area contributed by atoms with Crippen LogP contribution < -0.4 is 5.73 Å². The Balaban J connectivity index is 2.26. The van der Waals surface area contributed by atoms with Gasteiger partial charge in [0.2, 0.25) is 0 Å². The maximum atomic E-state index is 12.5. The number of carbonyl (C=O) groups is 1. The normalized spacial score (nSPS) is 12.2. The molecule has 0 aliphatic rings. The average molecular weight is 290 g/mol. The second-order valence-corrected chi connectivity index (χ2v) is 6.10. The number of thiophene rings is 1. The van der Waals surface area contributed by atoms with Gasteiger partial charge < -0.3 is 15.7 Å². The van der Waals surface area contributed by atoms with Gasteiger partial charge in [-0.1, -0.05) is 6.07 Å². The third-order valence-corrected chi connectivity index (χ3v) is 4.54. The zero-order valence-corrected chi connectivity index (χ0v) is 12.6. The molecular weight excluding hydrogens is 272 g/mol. The zero-order chi connectivity index (χ0) is 14.9. The van der Waals surface area contributed by atoms with Gasteiger partial charge in [0.25, 0.3) is 5.91 Å². The van der Waals surface area contributed by atoms with E-state index in [2.05, 4.69) is 0 Å². The largest absolute Gasteiger partial charge is 0.505 e. The molecule has 3 N–H and O–H groups in total. The molecule has 1 unspecified atom stereocenters. The molecule has 2 aromatic rings. The van der Waals surface area contributed by atoms with Gasteiger partial charge in [0.15, 0.2) is 5.75 Å². The number of anilines is 1. The van der Waals surface area contributed by atoms with Gasteiger partial charge in [-0.2, -0.15) is 0 Å². The van der Waals surface area contributed by atoms with Crippen molar-refractivity contribution in [2.75, 3.05) is 12.8 Å². The van der Waals surface area contributed by atoms with Gasteiger partial charge in [-0.15, -0.1) is 11.3 Å². The number of para-hydroxylation sites is 1. The number of nitrogens with zero attached hydrogens (tertiary/aromatic N) is 1. The molecule has 106 valence electrons. The van der Waals surface area contributed by atoms with E-state index in [1.165, 1.54) is 4.88 Å². The number of nitrogens with two attached hydrogens (primary N) is 1. The third kappa shape index (κ3) is 2.63. The van der Waals surface area contributed by atoms with Crippen LogP contribution in [0.2, 0.25) is 0 Å². The fourth-order valence-electron chi connectivity index (χ4n) is 1.97. The second kappa shape index (κ2) is 5.54. The van der Waals surface area contributed by atoms with Crippen LogP contribution in [0.25, 0.3) is 0 Å². The molecule has 0 spiro atoms. The lowest BCUT2D eigenvalue weighted by Gasteiger charge is -2.24. The van der Waals surface area contributed by atoms with Crippen LogP contribution in [-0.4, -0.2) is 23.0 Å². The summed E-state index contributed by atoms with van der Waals surface area (Å²) in [4.78, 5) is 16.4. The van der Waals surface area contributed by atoms with E-state index in [0.29, 0.717) is 0 Å². The maximum absolute atomic E-state index is 12.5. The summed E-state index contributed by atoms with van der Waals surface area (Å²) in [6.07, 6.45) is 0. The molecule has 1 aromatic heterocycles. The molecule has 1 amide bonds. The summed E-state index contributed by atoms with van der Waals surface area (Å²) in [5.41, 5.74) is 6.07. The van der Waals surface area contributed by atoms with Crippen LogP contribution in [0.3, 0.4) is 0 Å². The highest BCUT2D eigenvalue weighted by Gasteiger charge is 2.22. The highest BCUT2D eigenvalue weighted by Crippen LogP contribution is 2.30. The molecule has 0 aliphatic carbocycles. The van der Waals surface area contributed by atoms with E-state index in [1.54, 1.807) is 41.5 Å². The van der Waals surface area contributed by atoms with E-state index >= 15 is 0 Å². The van der Waals surface area contributed by atoms with Crippen LogP contribution in [0.5, 0.6) is 5.75 Å². The molecule has 5 heteroatoms. The minimum Gasteiger partial charge on any atom is -0.505 e. The fourth-order valence-corrected chi connectivity index (χ4v) is 2.94. The Morgan fingerprint density at radius 1 is 1.35 bits per heavy atom. The number of rotatable bonds is 3. The molecule has 2 rings (SSSR count). The SMILES string of the molecule is Cc1ccc(C(C)N(C)C(=O)c2cccc(N)c2O)s1. The third-order valence-electron chi connectivity index (χ3n) is 3.37. The standard InChI is InChI=1S/C15H18N2O2S/c1-9-7-8-13(20-9)10(2)17(3)15(19)11-5-4-6-12(16)14(11)18/h4-8,10,18H,16H2,1-3H3. The van der Waals surface area contributed by atoms with Crippen molar-refractivity contribution < 1.29 is 9.90 Å². The van der Waals surface area contributed by atoms with Crippen molar-refractivity contribution in [2.24, 2.45) is 0 Å². The van der Waals surface area contributed by atoms with E-state index in [-0.39, 0.29) is 28.9 Å². The summed E-state index contributed by atoms with van der Waals surface area (Å²) < 4.78 is 0. The molecule has 1 atom stereocenters. The summed E-state index contributed by atoms with van der Waals surface area (Å²) >= 11 is 1.66. The summed E-state index contributed by atoms with van der Waals surface area (Å²) in [6, 6.07) is 8.81. The van der Waals surface area contributed by atoms with Crippen LogP contribution in [0, 0.1) is 6.92 Å². The summed E-state index contributed by atoms with van der Waals surface area (Å²) in [5, 5.41) is 9.90. The van der Waals surface area contributed by atoms with Crippen LogP contribution in [-0.2, 0) is 0 Å². The number of aromatic hydroxyl groups is 1. The van der Waals surface area contributed by atoms with E-state index in [4.69, 9.17) is 5.73 Å². The number of hydrogen-bond acceptors (Lipinski definition) is 4. The first-order valence-corrected chi connectivity index (χ1v) is 7.14. The van der Waals surface area contributed by atoms with E-state index in [9.17, 15) is 9.90 Å². The molecular formula is C15H18N2O2S. The van der Waals surface area contributed by atoms with Crippen molar-refractivity contribution in [1.29, 1.82) is 0 Å². The lowest BCUT2D eigenvalue weighted by Crippen LogP contribution is -2.29. The quantitative estimate of drug-likeness (QED) is 0.674. The van der Waals surface area contributed by atoms with Crippen LogP contribution >= 0.6 is 11.3 Å². The van der Waals surface area contributed by atoms with Gasteiger partial charge in [-0.3, -0.25) is 4.79 Å². The van der Waals surface area contributed by atoms with Crippen molar-refractivity contribution in [2.45, 2.75) is 19.9 Å². The van der Waals surface area contributed by atoms with Crippen LogP contribution in [0.4, 0.5) is 5.69 Å². The number of phenolic OH excluding ortho intramolecular Hbond substituents is 1. The van der Waals surface area contributed by atoms with Crippen molar-refractivity contribution in [3.63, 3.8) is 0 Å². The summed E-state index contributed by atoms with van der Waals surface area (Å²) in [5.74, 6) is -0.396. The van der Waals surface area contributed by atoms with Crippen molar-refractivity contribution in [3.05, 3.63) is 45.6 Å². The van der Waals surface area contributed by atoms with Gasteiger partial charge in [-0.25, -0.2) is 0 Å². The molecule has 0 radical (unpaired) electrons. The van der Waals surface area contributed by atoms with Crippen molar-refractivity contribution >= 4 is 22.9 Å². The minimum absolute atomic E-state index is 0.0537. The lowest BCUT2D eigenvalue weighted by atomic mass is 10.1. The number of carbonyl (C=O) groups excluding carboxylic acids is 1. The number of amides is 1. The van der Waals surface area contributed by atoms with E-state index < -0.39 is 0 Å². The number of hydrogen-bond donors (Lipinski definition) is 2. The Morgan fingerprint density at radius 3 is 2.65 bits per heavy atom. The predicted molar refractivity (Wildman–Crippen MR) is 82.1 cm³/mol. The van der Waals surface area contributed by atoms with E-state index in [0.717, 1.165) is 4.88 Å². The highest BCUT2D eigenvalue weighted by atomic mass is 32.1. The molecule has 4 nitrogen and oxygen atoms in total. The summed E-state index contributed by atoms with van der Waals surface area (Å²) in [7, 11) is 1.73. The lowest BCUT2D eigenvalue weighted by molar-refractivity contribution is 0.0742. The smallest absolute Gasteiger partial charge is 0.257 e. The molecule has 0 saturated heterocycles. The first-order valence-electron chi connectivity index (χ1n) is 6.32. The Kier molecular flexibility index (Phi) is 3.99. The molecule has 0 aliphatic heterocycles. The number of aryl methyl sites for hydroxylation is 1. The van der Waals surface area contributed by atoms with Gasteiger partial charge in [0, 0.05) is 16.8 Å². The Bertz CT molecular complexity index is 637. The van der Waals surface area contributed by atoms with Crippen LogP contribution in [0.15, 0.2) is 30.3 Å². The van der Waals surface area contributed by atoms with Gasteiger partial charge in [-0.05, 0) is 38.1 Å². The Hall–Kier alpha value is -2.01. The highest BCUT2D eigenvalue weighted by molar-refractivity contribution is 7.12. The summed E-state index contributed by atoms with van der Waals surface area (Å²) in [6.45, 7) is 4.00. The first kappa shape index (κ1) is 14.4. The number of nitrogen functional groups attached to an aromatic ring is 1. The molecule has 20 heavy (non-hydrogen) atoms. The average Bonchev–Trinajstić information content (AvgIpc) is 2.86. The first-order chi connectivity index (χ1) is 9.41. The van der Waals surface area contributed by atoms with E-state index in [1.807, 2.05) is 26.0 Å². The monoisotopic (exact) mass is 290 g/mol. The molecule has 0 bridgehead atoms. The molecule has 1 heterocycles. The number of benzene rings is 1. The van der Waals surface area contributed by atoms with Gasteiger partial charge >= 0.3 is 0 Å².